The summed E-state index contributed by atoms with van der Waals surface area (Å²) in [4.78, 5) is 19.0. The predicted octanol–water partition coefficient (Wildman–Crippen LogP) is 3.98. The number of aromatic nitrogens is 2. The molecule has 1 spiro atoms. The first-order valence-corrected chi connectivity index (χ1v) is 10.8. The van der Waals surface area contributed by atoms with Crippen LogP contribution in [0.15, 0.2) is 34.9 Å². The van der Waals surface area contributed by atoms with Gasteiger partial charge in [0.05, 0.1) is 5.60 Å². The van der Waals surface area contributed by atoms with Gasteiger partial charge in [0.2, 0.25) is 5.89 Å². The Labute approximate surface area is 170 Å². The predicted molar refractivity (Wildman–Crippen MR) is 108 cm³/mol. The Morgan fingerprint density at radius 2 is 1.97 bits per heavy atom. The van der Waals surface area contributed by atoms with E-state index in [4.69, 9.17) is 9.26 Å². The molecule has 3 fully saturated rings. The molecule has 1 unspecified atom stereocenters. The molecule has 1 aliphatic carbocycles. The second-order valence-electron chi connectivity index (χ2n) is 8.70. The van der Waals surface area contributed by atoms with Crippen molar-refractivity contribution in [2.45, 2.75) is 56.5 Å². The number of anilines is 1. The summed E-state index contributed by atoms with van der Waals surface area (Å²) in [5.41, 5.74) is 0.711. The summed E-state index contributed by atoms with van der Waals surface area (Å²) in [6, 6.07) is 9.58. The normalized spacial score (nSPS) is 23.9. The van der Waals surface area contributed by atoms with E-state index in [0.29, 0.717) is 11.8 Å². The van der Waals surface area contributed by atoms with Crippen LogP contribution in [0.3, 0.4) is 0 Å². The number of benzene rings is 1. The van der Waals surface area contributed by atoms with Gasteiger partial charge < -0.3 is 19.5 Å². The third kappa shape index (κ3) is 4.29. The molecule has 1 aromatic heterocycles. The average Bonchev–Trinajstić information content (AvgIpc) is 3.49. The van der Waals surface area contributed by atoms with E-state index in [1.807, 2.05) is 35.2 Å². The largest absolute Gasteiger partial charge is 0.375 e. The Morgan fingerprint density at radius 3 is 2.72 bits per heavy atom. The third-order valence-corrected chi connectivity index (χ3v) is 6.47. The van der Waals surface area contributed by atoms with Crippen LogP contribution in [0.5, 0.6) is 0 Å². The number of hydrogen-bond donors (Lipinski definition) is 1. The van der Waals surface area contributed by atoms with Crippen molar-refractivity contribution >= 4 is 11.7 Å². The van der Waals surface area contributed by atoms with Crippen molar-refractivity contribution in [2.75, 3.05) is 25.0 Å². The van der Waals surface area contributed by atoms with Crippen molar-refractivity contribution in [3.63, 3.8) is 0 Å². The van der Waals surface area contributed by atoms with E-state index in [9.17, 15) is 4.79 Å². The molecule has 5 rings (SSSR count). The number of urea groups is 1. The molecule has 7 nitrogen and oxygen atoms in total. The molecule has 2 amide bonds. The van der Waals surface area contributed by atoms with Crippen LogP contribution in [0.25, 0.3) is 0 Å². The van der Waals surface area contributed by atoms with Crippen LogP contribution < -0.4 is 5.32 Å². The lowest BCUT2D eigenvalue weighted by atomic mass is 9.78. The summed E-state index contributed by atoms with van der Waals surface area (Å²) in [7, 11) is 0. The fourth-order valence-electron chi connectivity index (χ4n) is 4.60. The van der Waals surface area contributed by atoms with Gasteiger partial charge in [-0.1, -0.05) is 23.4 Å². The number of nitrogens with zero attached hydrogens (tertiary/aromatic N) is 3. The number of nitrogens with one attached hydrogen (secondary N) is 1. The molecule has 2 saturated heterocycles. The Morgan fingerprint density at radius 1 is 1.17 bits per heavy atom. The van der Waals surface area contributed by atoms with Gasteiger partial charge in [0.15, 0.2) is 5.82 Å². The summed E-state index contributed by atoms with van der Waals surface area (Å²) >= 11 is 0. The number of rotatable bonds is 4. The second kappa shape index (κ2) is 7.78. The van der Waals surface area contributed by atoms with Crippen LogP contribution in [0, 0.1) is 5.92 Å². The van der Waals surface area contributed by atoms with Crippen LogP contribution >= 0.6 is 0 Å². The highest BCUT2D eigenvalue weighted by atomic mass is 16.5. The van der Waals surface area contributed by atoms with Gasteiger partial charge in [-0.15, -0.1) is 0 Å². The molecule has 1 N–H and O–H groups in total. The smallest absolute Gasteiger partial charge is 0.321 e. The molecule has 3 aliphatic rings. The van der Waals surface area contributed by atoms with Crippen molar-refractivity contribution in [3.05, 3.63) is 42.0 Å². The number of amides is 2. The van der Waals surface area contributed by atoms with Gasteiger partial charge >= 0.3 is 6.03 Å². The van der Waals surface area contributed by atoms with Gasteiger partial charge in [-0.05, 0) is 56.6 Å². The molecule has 1 aromatic carbocycles. The maximum Gasteiger partial charge on any atom is 0.321 e. The minimum absolute atomic E-state index is 0.0307. The Kier molecular flexibility index (Phi) is 4.99. The molecule has 154 valence electrons. The molecule has 0 radical (unpaired) electrons. The summed E-state index contributed by atoms with van der Waals surface area (Å²) in [6.07, 6.45) is 7.00. The van der Waals surface area contributed by atoms with Crippen molar-refractivity contribution < 1.29 is 14.1 Å². The molecule has 0 bridgehead atoms. The standard InChI is InChI=1S/C22H28N4O3/c27-21(23-18-4-2-1-3-5-18)26-11-9-22(10-12-26)15-16(8-13-28-22)14-19-24-20(25-29-19)17-6-7-17/h1-5,16-17H,6-15H2,(H,23,27). The molecule has 1 saturated carbocycles. The van der Waals surface area contributed by atoms with Crippen LogP contribution in [0.1, 0.15) is 56.2 Å². The zero-order chi connectivity index (χ0) is 19.7. The maximum absolute atomic E-state index is 12.6. The first-order chi connectivity index (χ1) is 14.2. The second-order valence-corrected chi connectivity index (χ2v) is 8.70. The molecule has 3 heterocycles. The lowest BCUT2D eigenvalue weighted by Crippen LogP contribution is -2.51. The van der Waals surface area contributed by atoms with Crippen molar-refractivity contribution in [3.8, 4) is 0 Å². The fraction of sp³-hybridized carbons (Fsp3) is 0.591. The quantitative estimate of drug-likeness (QED) is 0.845. The van der Waals surface area contributed by atoms with Crippen LogP contribution in [0.4, 0.5) is 10.5 Å². The first kappa shape index (κ1) is 18.6. The Bertz CT molecular complexity index is 841. The van der Waals surface area contributed by atoms with Crippen LogP contribution in [0.2, 0.25) is 0 Å². The van der Waals surface area contributed by atoms with Crippen molar-refractivity contribution in [1.29, 1.82) is 0 Å². The topological polar surface area (TPSA) is 80.5 Å². The summed E-state index contributed by atoms with van der Waals surface area (Å²) in [5.74, 6) is 2.69. The molecule has 1 atom stereocenters. The molecular weight excluding hydrogens is 368 g/mol. The first-order valence-electron chi connectivity index (χ1n) is 10.8. The van der Waals surface area contributed by atoms with Crippen LogP contribution in [-0.4, -0.2) is 46.4 Å². The van der Waals surface area contributed by atoms with E-state index in [1.54, 1.807) is 0 Å². The number of piperidine rings is 1. The van der Waals surface area contributed by atoms with Crippen LogP contribution in [-0.2, 0) is 11.2 Å². The number of hydrogen-bond acceptors (Lipinski definition) is 5. The molecule has 29 heavy (non-hydrogen) atoms. The fourth-order valence-corrected chi connectivity index (χ4v) is 4.60. The number of carbonyl (C=O) groups is 1. The summed E-state index contributed by atoms with van der Waals surface area (Å²) < 4.78 is 11.7. The summed E-state index contributed by atoms with van der Waals surface area (Å²) in [5, 5.41) is 7.12. The third-order valence-electron chi connectivity index (χ3n) is 6.47. The van der Waals surface area contributed by atoms with Crippen molar-refractivity contribution in [1.82, 2.24) is 15.0 Å². The minimum Gasteiger partial charge on any atom is -0.375 e. The Balaban J connectivity index is 1.15. The number of ether oxygens (including phenoxy) is 1. The van der Waals surface area contributed by atoms with E-state index in [-0.39, 0.29) is 11.6 Å². The minimum atomic E-state index is -0.119. The van der Waals surface area contributed by atoms with E-state index < -0.39 is 0 Å². The highest BCUT2D eigenvalue weighted by molar-refractivity contribution is 5.89. The molecular formula is C22H28N4O3. The van der Waals surface area contributed by atoms with E-state index in [1.165, 1.54) is 12.8 Å². The van der Waals surface area contributed by atoms with Crippen molar-refractivity contribution in [2.24, 2.45) is 5.92 Å². The van der Waals surface area contributed by atoms with Gasteiger partial charge in [0.1, 0.15) is 0 Å². The zero-order valence-electron chi connectivity index (χ0n) is 16.7. The van der Waals surface area contributed by atoms with E-state index in [2.05, 4.69) is 15.5 Å². The van der Waals surface area contributed by atoms with Gasteiger partial charge in [-0.3, -0.25) is 0 Å². The van der Waals surface area contributed by atoms with Gasteiger partial charge in [0.25, 0.3) is 0 Å². The average molecular weight is 396 g/mol. The monoisotopic (exact) mass is 396 g/mol. The lowest BCUT2D eigenvalue weighted by Gasteiger charge is -2.46. The number of carbonyl (C=O) groups excluding carboxylic acids is 1. The number of para-hydroxylation sites is 1. The van der Waals surface area contributed by atoms with E-state index >= 15 is 0 Å². The van der Waals surface area contributed by atoms with Gasteiger partial charge in [-0.2, -0.15) is 4.98 Å². The Hall–Kier alpha value is -2.41. The molecule has 7 heteroatoms. The highest BCUT2D eigenvalue weighted by Crippen LogP contribution is 2.40. The van der Waals surface area contributed by atoms with Gasteiger partial charge in [-0.25, -0.2) is 4.79 Å². The lowest BCUT2D eigenvalue weighted by molar-refractivity contribution is -0.123. The molecule has 2 aliphatic heterocycles. The van der Waals surface area contributed by atoms with Gasteiger partial charge in [0, 0.05) is 37.7 Å². The SMILES string of the molecule is O=C(Nc1ccccc1)N1CCC2(CC1)CC(Cc1nc(C3CC3)no1)CCO2. The highest BCUT2D eigenvalue weighted by Gasteiger charge is 2.41. The summed E-state index contributed by atoms with van der Waals surface area (Å²) in [6.45, 7) is 2.21. The van der Waals surface area contributed by atoms with E-state index in [0.717, 1.165) is 69.2 Å². The maximum atomic E-state index is 12.6. The number of likely N-dealkylation sites (tertiary alicyclic amines) is 1. The zero-order valence-corrected chi connectivity index (χ0v) is 16.7. The molecule has 2 aromatic rings.